The van der Waals surface area contributed by atoms with E-state index >= 15 is 0 Å². The molecule has 28 heavy (non-hydrogen) atoms. The molecule has 1 N–H and O–H groups in total. The summed E-state index contributed by atoms with van der Waals surface area (Å²) in [5, 5.41) is 3.62. The lowest BCUT2D eigenvalue weighted by Gasteiger charge is -2.09. The van der Waals surface area contributed by atoms with Gasteiger partial charge in [0.2, 0.25) is 5.91 Å². The second-order valence-electron chi connectivity index (χ2n) is 6.83. The van der Waals surface area contributed by atoms with E-state index in [-0.39, 0.29) is 12.3 Å². The molecule has 0 bridgehead atoms. The highest BCUT2D eigenvalue weighted by Crippen LogP contribution is 2.23. The Morgan fingerprint density at radius 1 is 1.07 bits per heavy atom. The van der Waals surface area contributed by atoms with Gasteiger partial charge >= 0.3 is 5.63 Å². The Bertz CT molecular complexity index is 1010. The Morgan fingerprint density at radius 2 is 1.86 bits per heavy atom. The van der Waals surface area contributed by atoms with Crippen molar-refractivity contribution in [2.24, 2.45) is 0 Å². The number of hydrogen-bond acceptors (Lipinski definition) is 4. The first-order chi connectivity index (χ1) is 13.6. The summed E-state index contributed by atoms with van der Waals surface area (Å²) in [6.45, 7) is 2.19. The van der Waals surface area contributed by atoms with Gasteiger partial charge in [0.05, 0.1) is 13.5 Å². The van der Waals surface area contributed by atoms with E-state index < -0.39 is 5.63 Å². The molecule has 5 heteroatoms. The van der Waals surface area contributed by atoms with Crippen LogP contribution in [0, 0.1) is 0 Å². The summed E-state index contributed by atoms with van der Waals surface area (Å²) in [5.41, 5.74) is 2.57. The van der Waals surface area contributed by atoms with E-state index in [1.807, 2.05) is 24.3 Å². The summed E-state index contributed by atoms with van der Waals surface area (Å²) < 4.78 is 10.4. The number of carbonyl (C=O) groups excluding carboxylic acids is 1. The van der Waals surface area contributed by atoms with Crippen LogP contribution in [0.1, 0.15) is 37.3 Å². The molecule has 0 atom stereocenters. The van der Waals surface area contributed by atoms with Gasteiger partial charge in [-0.05, 0) is 48.2 Å². The molecule has 0 spiro atoms. The predicted molar refractivity (Wildman–Crippen MR) is 111 cm³/mol. The smallest absolute Gasteiger partial charge is 0.336 e. The van der Waals surface area contributed by atoms with Crippen molar-refractivity contribution >= 4 is 22.6 Å². The highest BCUT2D eigenvalue weighted by atomic mass is 16.5. The van der Waals surface area contributed by atoms with Gasteiger partial charge in [0.15, 0.2) is 0 Å². The number of rotatable bonds is 8. The molecule has 1 aromatic heterocycles. The molecule has 0 aliphatic carbocycles. The lowest BCUT2D eigenvalue weighted by atomic mass is 10.1. The lowest BCUT2D eigenvalue weighted by molar-refractivity contribution is -0.115. The number of nitrogens with one attached hydrogen (secondary N) is 1. The Balaban J connectivity index is 1.70. The van der Waals surface area contributed by atoms with Gasteiger partial charge in [-0.15, -0.1) is 0 Å². The van der Waals surface area contributed by atoms with Crippen LogP contribution in [0.25, 0.3) is 11.0 Å². The minimum absolute atomic E-state index is 0.0900. The fourth-order valence-electron chi connectivity index (χ4n) is 3.20. The Labute approximate surface area is 164 Å². The van der Waals surface area contributed by atoms with Crippen LogP contribution in [0.5, 0.6) is 5.75 Å². The third kappa shape index (κ3) is 5.00. The van der Waals surface area contributed by atoms with Gasteiger partial charge in [0, 0.05) is 23.2 Å². The highest BCUT2D eigenvalue weighted by molar-refractivity contribution is 5.95. The summed E-state index contributed by atoms with van der Waals surface area (Å²) in [6.07, 6.45) is 4.75. The van der Waals surface area contributed by atoms with Crippen LogP contribution < -0.4 is 15.7 Å². The average Bonchev–Trinajstić information content (AvgIpc) is 2.68. The molecule has 3 rings (SSSR count). The molecule has 1 amide bonds. The molecule has 0 saturated heterocycles. The van der Waals surface area contributed by atoms with E-state index in [1.54, 1.807) is 25.3 Å². The lowest BCUT2D eigenvalue weighted by Crippen LogP contribution is -2.15. The number of aryl methyl sites for hydroxylation is 1. The van der Waals surface area contributed by atoms with E-state index in [4.69, 9.17) is 9.15 Å². The first kappa shape index (κ1) is 19.7. The van der Waals surface area contributed by atoms with Crippen LogP contribution in [0.15, 0.2) is 57.7 Å². The number of anilines is 1. The molecule has 0 unspecified atom stereocenters. The summed E-state index contributed by atoms with van der Waals surface area (Å²) >= 11 is 0. The Morgan fingerprint density at radius 3 is 2.57 bits per heavy atom. The van der Waals surface area contributed by atoms with Crippen molar-refractivity contribution in [3.05, 3.63) is 70.1 Å². The first-order valence-corrected chi connectivity index (χ1v) is 9.58. The summed E-state index contributed by atoms with van der Waals surface area (Å²) in [7, 11) is 1.55. The number of methoxy groups -OCH3 is 1. The van der Waals surface area contributed by atoms with Crippen molar-refractivity contribution in [1.29, 1.82) is 0 Å². The van der Waals surface area contributed by atoms with E-state index in [2.05, 4.69) is 12.2 Å². The molecule has 5 nitrogen and oxygen atoms in total. The van der Waals surface area contributed by atoms with Gasteiger partial charge < -0.3 is 14.5 Å². The molecular weight excluding hydrogens is 354 g/mol. The van der Waals surface area contributed by atoms with E-state index in [0.717, 1.165) is 17.5 Å². The van der Waals surface area contributed by atoms with Crippen molar-refractivity contribution in [2.45, 2.75) is 39.0 Å². The standard InChI is InChI=1S/C23H25NO4/c1-3-4-5-6-16-7-9-18(10-8-16)24-22(25)13-17-14-23(26)28-21-15-19(27-2)11-12-20(17)21/h7-12,14-15H,3-6,13H2,1-2H3,(H,24,25). The maximum Gasteiger partial charge on any atom is 0.336 e. The summed E-state index contributed by atoms with van der Waals surface area (Å²) in [6, 6.07) is 14.5. The molecule has 146 valence electrons. The quantitative estimate of drug-likeness (QED) is 0.454. The minimum Gasteiger partial charge on any atom is -0.497 e. The fourth-order valence-corrected chi connectivity index (χ4v) is 3.20. The zero-order chi connectivity index (χ0) is 19.9. The molecule has 0 radical (unpaired) electrons. The number of fused-ring (bicyclic) bond motifs is 1. The van der Waals surface area contributed by atoms with Gasteiger partial charge in [-0.3, -0.25) is 4.79 Å². The molecule has 0 saturated carbocycles. The SMILES string of the molecule is CCCCCc1ccc(NC(=O)Cc2cc(=O)oc3cc(OC)ccc23)cc1. The molecule has 0 fully saturated rings. The third-order valence-corrected chi connectivity index (χ3v) is 4.70. The van der Waals surface area contributed by atoms with Crippen molar-refractivity contribution in [2.75, 3.05) is 12.4 Å². The molecular formula is C23H25NO4. The zero-order valence-electron chi connectivity index (χ0n) is 16.3. The fraction of sp³-hybridized carbons (Fsp3) is 0.304. The molecule has 0 aliphatic rings. The molecule has 0 aliphatic heterocycles. The van der Waals surface area contributed by atoms with Gasteiger partial charge in [-0.1, -0.05) is 31.9 Å². The van der Waals surface area contributed by atoms with Crippen molar-refractivity contribution in [1.82, 2.24) is 0 Å². The van der Waals surface area contributed by atoms with Crippen LogP contribution in [0.2, 0.25) is 0 Å². The monoisotopic (exact) mass is 379 g/mol. The van der Waals surface area contributed by atoms with Crippen LogP contribution in [-0.2, 0) is 17.6 Å². The van der Waals surface area contributed by atoms with Gasteiger partial charge in [0.1, 0.15) is 11.3 Å². The zero-order valence-corrected chi connectivity index (χ0v) is 16.3. The number of ether oxygens (including phenoxy) is 1. The van der Waals surface area contributed by atoms with Crippen molar-refractivity contribution in [3.63, 3.8) is 0 Å². The highest BCUT2D eigenvalue weighted by Gasteiger charge is 2.11. The van der Waals surface area contributed by atoms with Gasteiger partial charge in [0.25, 0.3) is 0 Å². The largest absolute Gasteiger partial charge is 0.497 e. The number of amides is 1. The number of carbonyl (C=O) groups is 1. The predicted octanol–water partition coefficient (Wildman–Crippen LogP) is 4.72. The number of unbranched alkanes of at least 4 members (excludes halogenated alkanes) is 2. The van der Waals surface area contributed by atoms with Gasteiger partial charge in [-0.2, -0.15) is 0 Å². The molecule has 3 aromatic rings. The summed E-state index contributed by atoms with van der Waals surface area (Å²) in [4.78, 5) is 24.3. The van der Waals surface area contributed by atoms with Crippen LogP contribution in [0.4, 0.5) is 5.69 Å². The van der Waals surface area contributed by atoms with E-state index in [9.17, 15) is 9.59 Å². The number of hydrogen-bond donors (Lipinski definition) is 1. The topological polar surface area (TPSA) is 68.5 Å². The molecule has 1 heterocycles. The molecule has 2 aromatic carbocycles. The number of benzene rings is 2. The summed E-state index contributed by atoms with van der Waals surface area (Å²) in [5.74, 6) is 0.415. The maximum absolute atomic E-state index is 12.5. The van der Waals surface area contributed by atoms with Crippen LogP contribution in [0.3, 0.4) is 0 Å². The maximum atomic E-state index is 12.5. The Kier molecular flexibility index (Phi) is 6.48. The first-order valence-electron chi connectivity index (χ1n) is 9.58. The van der Waals surface area contributed by atoms with Crippen molar-refractivity contribution in [3.8, 4) is 5.75 Å². The normalized spacial score (nSPS) is 10.8. The van der Waals surface area contributed by atoms with Crippen LogP contribution in [-0.4, -0.2) is 13.0 Å². The average molecular weight is 379 g/mol. The van der Waals surface area contributed by atoms with Crippen molar-refractivity contribution < 1.29 is 13.9 Å². The van der Waals surface area contributed by atoms with E-state index in [0.29, 0.717) is 16.9 Å². The third-order valence-electron chi connectivity index (χ3n) is 4.70. The second kappa shape index (κ2) is 9.22. The van der Waals surface area contributed by atoms with Gasteiger partial charge in [-0.25, -0.2) is 4.79 Å². The Hall–Kier alpha value is -3.08. The van der Waals surface area contributed by atoms with E-state index in [1.165, 1.54) is 30.9 Å². The van der Waals surface area contributed by atoms with Crippen LogP contribution >= 0.6 is 0 Å². The second-order valence-corrected chi connectivity index (χ2v) is 6.83. The minimum atomic E-state index is -0.486.